The lowest BCUT2D eigenvalue weighted by molar-refractivity contribution is -0.686. The Hall–Kier alpha value is -2.75. The van der Waals surface area contributed by atoms with Gasteiger partial charge in [-0.1, -0.05) is 6.07 Å². The predicted molar refractivity (Wildman–Crippen MR) is 88.1 cm³/mol. The molecule has 2 aromatic carbocycles. The van der Waals surface area contributed by atoms with Crippen LogP contribution in [0.2, 0.25) is 0 Å². The lowest BCUT2D eigenvalue weighted by Crippen LogP contribution is -2.40. The number of nitrogens with zero attached hydrogens (tertiary/aromatic N) is 1. The molecule has 1 aromatic heterocycles. The molecule has 23 heavy (non-hydrogen) atoms. The van der Waals surface area contributed by atoms with Crippen molar-refractivity contribution in [2.24, 2.45) is 0 Å². The summed E-state index contributed by atoms with van der Waals surface area (Å²) in [6.07, 6.45) is 3.04. The molecule has 0 saturated carbocycles. The van der Waals surface area contributed by atoms with Crippen LogP contribution in [0.25, 0.3) is 22.0 Å². The van der Waals surface area contributed by atoms with Gasteiger partial charge in [0, 0.05) is 17.9 Å². The third-order valence-electron chi connectivity index (χ3n) is 4.47. The molecule has 2 heterocycles. The first-order chi connectivity index (χ1) is 11.2. The number of aromatic hydroxyl groups is 1. The van der Waals surface area contributed by atoms with Gasteiger partial charge in [0.15, 0.2) is 24.2 Å². The van der Waals surface area contributed by atoms with Gasteiger partial charge in [0.1, 0.15) is 5.75 Å². The summed E-state index contributed by atoms with van der Waals surface area (Å²) in [5, 5.41) is 11.8. The van der Waals surface area contributed by atoms with Gasteiger partial charge in [0.05, 0.1) is 19.8 Å². The van der Waals surface area contributed by atoms with E-state index in [-0.39, 0.29) is 0 Å². The Morgan fingerprint density at radius 1 is 0.957 bits per heavy atom. The quantitative estimate of drug-likeness (QED) is 0.740. The Morgan fingerprint density at radius 2 is 1.74 bits per heavy atom. The molecule has 0 unspecified atom stereocenters. The number of benzene rings is 2. The predicted octanol–water partition coefficient (Wildman–Crippen LogP) is 3.07. The number of fused-ring (bicyclic) bond motifs is 4. The van der Waals surface area contributed by atoms with Crippen molar-refractivity contribution < 1.29 is 19.1 Å². The van der Waals surface area contributed by atoms with Crippen molar-refractivity contribution in [3.8, 4) is 28.5 Å². The molecule has 4 rings (SSSR count). The first-order valence-corrected chi connectivity index (χ1v) is 7.61. The van der Waals surface area contributed by atoms with E-state index >= 15 is 0 Å². The smallest absolute Gasteiger partial charge is 0.213 e. The standard InChI is InChI=1S/C19H17NO3/c1-22-18-9-13-5-6-20-11-14-7-15(21)4-3-12(14)8-17(20)16(13)10-19(18)23-2/h3-4,7-11H,5-6H2,1-2H3/p+1. The van der Waals surface area contributed by atoms with Gasteiger partial charge < -0.3 is 14.6 Å². The summed E-state index contributed by atoms with van der Waals surface area (Å²) in [5.41, 5.74) is 3.59. The molecule has 0 aliphatic carbocycles. The summed E-state index contributed by atoms with van der Waals surface area (Å²) in [7, 11) is 3.32. The van der Waals surface area contributed by atoms with Crippen LogP contribution in [0.3, 0.4) is 0 Å². The summed E-state index contributed by atoms with van der Waals surface area (Å²) in [6.45, 7) is 0.906. The fourth-order valence-electron chi connectivity index (χ4n) is 3.30. The van der Waals surface area contributed by atoms with Crippen LogP contribution in [0, 0.1) is 0 Å². The number of phenols is 1. The van der Waals surface area contributed by atoms with Crippen LogP contribution >= 0.6 is 0 Å². The SMILES string of the molecule is COc1cc2c(cc1OC)-c1cc3ccc(O)cc3c[n+]1CC2. The summed E-state index contributed by atoms with van der Waals surface area (Å²) >= 11 is 0. The highest BCUT2D eigenvalue weighted by Crippen LogP contribution is 2.37. The van der Waals surface area contributed by atoms with Crippen molar-refractivity contribution in [2.75, 3.05) is 14.2 Å². The Labute approximate surface area is 134 Å². The lowest BCUT2D eigenvalue weighted by atomic mass is 9.95. The third-order valence-corrected chi connectivity index (χ3v) is 4.47. The average Bonchev–Trinajstić information content (AvgIpc) is 2.58. The zero-order valence-corrected chi connectivity index (χ0v) is 13.2. The molecule has 0 atom stereocenters. The second-order valence-electron chi connectivity index (χ2n) is 5.78. The molecular weight excluding hydrogens is 290 g/mol. The van der Waals surface area contributed by atoms with E-state index in [4.69, 9.17) is 9.47 Å². The second kappa shape index (κ2) is 5.16. The Kier molecular flexibility index (Phi) is 3.11. The minimum Gasteiger partial charge on any atom is -0.508 e. The highest BCUT2D eigenvalue weighted by Gasteiger charge is 2.25. The third kappa shape index (κ3) is 2.18. The van der Waals surface area contributed by atoms with Gasteiger partial charge in [-0.05, 0) is 35.2 Å². The molecule has 0 radical (unpaired) electrons. The van der Waals surface area contributed by atoms with E-state index in [9.17, 15) is 5.11 Å². The van der Waals surface area contributed by atoms with E-state index in [0.717, 1.165) is 40.9 Å². The first-order valence-electron chi connectivity index (χ1n) is 7.61. The number of aryl methyl sites for hydroxylation is 2. The van der Waals surface area contributed by atoms with Gasteiger partial charge in [-0.3, -0.25) is 0 Å². The topological polar surface area (TPSA) is 42.6 Å². The van der Waals surface area contributed by atoms with Crippen molar-refractivity contribution in [1.29, 1.82) is 0 Å². The van der Waals surface area contributed by atoms with Crippen LogP contribution in [-0.2, 0) is 13.0 Å². The number of rotatable bonds is 2. The maximum Gasteiger partial charge on any atom is 0.213 e. The minimum atomic E-state index is 0.292. The number of ether oxygens (including phenoxy) is 2. The van der Waals surface area contributed by atoms with Crippen LogP contribution in [0.5, 0.6) is 17.2 Å². The molecule has 0 bridgehead atoms. The number of pyridine rings is 1. The van der Waals surface area contributed by atoms with Gasteiger partial charge in [-0.15, -0.1) is 0 Å². The molecule has 4 heteroatoms. The van der Waals surface area contributed by atoms with Gasteiger partial charge in [-0.2, -0.15) is 4.57 Å². The highest BCUT2D eigenvalue weighted by molar-refractivity contribution is 5.85. The summed E-state index contributed by atoms with van der Waals surface area (Å²) in [4.78, 5) is 0. The monoisotopic (exact) mass is 308 g/mol. The number of aromatic nitrogens is 1. The number of hydrogen-bond donors (Lipinski definition) is 1. The molecule has 1 aliphatic rings. The van der Waals surface area contributed by atoms with E-state index in [2.05, 4.69) is 22.9 Å². The summed E-state index contributed by atoms with van der Waals surface area (Å²) in [6, 6.07) is 11.7. The average molecular weight is 308 g/mol. The van der Waals surface area contributed by atoms with Crippen LogP contribution in [0.15, 0.2) is 42.6 Å². The maximum absolute atomic E-state index is 9.68. The van der Waals surface area contributed by atoms with Gasteiger partial charge in [0.25, 0.3) is 0 Å². The van der Waals surface area contributed by atoms with E-state index in [1.54, 1.807) is 26.4 Å². The van der Waals surface area contributed by atoms with Crippen molar-refractivity contribution in [3.63, 3.8) is 0 Å². The molecule has 4 nitrogen and oxygen atoms in total. The summed E-state index contributed by atoms with van der Waals surface area (Å²) < 4.78 is 13.1. The van der Waals surface area contributed by atoms with Gasteiger partial charge in [0.2, 0.25) is 5.69 Å². The molecule has 3 aromatic rings. The maximum atomic E-state index is 9.68. The van der Waals surface area contributed by atoms with Crippen molar-refractivity contribution in [1.82, 2.24) is 0 Å². The largest absolute Gasteiger partial charge is 0.508 e. The molecule has 0 amide bonds. The highest BCUT2D eigenvalue weighted by atomic mass is 16.5. The molecule has 116 valence electrons. The zero-order valence-electron chi connectivity index (χ0n) is 13.2. The second-order valence-corrected chi connectivity index (χ2v) is 5.78. The van der Waals surface area contributed by atoms with E-state index in [0.29, 0.717) is 5.75 Å². The molecule has 1 aliphatic heterocycles. The number of phenolic OH excluding ortho intramolecular Hbond substituents is 1. The Bertz CT molecular complexity index is 918. The molecular formula is C19H18NO3+. The fourth-order valence-corrected chi connectivity index (χ4v) is 3.30. The van der Waals surface area contributed by atoms with Gasteiger partial charge in [-0.25, -0.2) is 0 Å². The molecule has 1 N–H and O–H groups in total. The van der Waals surface area contributed by atoms with Crippen molar-refractivity contribution in [2.45, 2.75) is 13.0 Å². The number of hydrogen-bond acceptors (Lipinski definition) is 3. The Balaban J connectivity index is 1.96. The van der Waals surface area contributed by atoms with E-state index in [1.807, 2.05) is 12.1 Å². The normalized spacial score (nSPS) is 12.6. The number of methoxy groups -OCH3 is 2. The van der Waals surface area contributed by atoms with E-state index < -0.39 is 0 Å². The van der Waals surface area contributed by atoms with Crippen LogP contribution in [0.4, 0.5) is 0 Å². The molecule has 0 fully saturated rings. The van der Waals surface area contributed by atoms with Crippen LogP contribution in [-0.4, -0.2) is 19.3 Å². The molecule has 0 saturated heterocycles. The van der Waals surface area contributed by atoms with Crippen LogP contribution < -0.4 is 14.0 Å². The molecule has 0 spiro atoms. The van der Waals surface area contributed by atoms with Crippen LogP contribution in [0.1, 0.15) is 5.56 Å². The van der Waals surface area contributed by atoms with E-state index in [1.165, 1.54) is 11.1 Å². The first kappa shape index (κ1) is 13.9. The lowest BCUT2D eigenvalue weighted by Gasteiger charge is -2.18. The summed E-state index contributed by atoms with van der Waals surface area (Å²) in [5.74, 6) is 1.80. The van der Waals surface area contributed by atoms with Gasteiger partial charge >= 0.3 is 0 Å². The minimum absolute atomic E-state index is 0.292. The van der Waals surface area contributed by atoms with Crippen molar-refractivity contribution in [3.05, 3.63) is 48.2 Å². The zero-order chi connectivity index (χ0) is 16.0. The van der Waals surface area contributed by atoms with Crippen molar-refractivity contribution >= 4 is 10.8 Å². The Morgan fingerprint density at radius 3 is 2.52 bits per heavy atom. The fraction of sp³-hybridized carbons (Fsp3) is 0.211.